The number of nitriles is 1. The molecule has 0 N–H and O–H groups in total. The average Bonchev–Trinajstić information content (AvgIpc) is 3.49. The van der Waals surface area contributed by atoms with Crippen molar-refractivity contribution in [3.63, 3.8) is 0 Å². The number of urea groups is 1. The van der Waals surface area contributed by atoms with Crippen LogP contribution in [0.25, 0.3) is 0 Å². The summed E-state index contributed by atoms with van der Waals surface area (Å²) in [6.45, 7) is 3.25. The molecule has 1 aromatic carbocycles. The molecular weight excluding hydrogens is 475 g/mol. The topological polar surface area (TPSA) is 64.4 Å². The van der Waals surface area contributed by atoms with E-state index in [1.54, 1.807) is 39.5 Å². The summed E-state index contributed by atoms with van der Waals surface area (Å²) in [5, 5.41) is 8.91. The van der Waals surface area contributed by atoms with Gasteiger partial charge in [-0.1, -0.05) is 0 Å². The van der Waals surface area contributed by atoms with Crippen LogP contribution in [0.3, 0.4) is 0 Å². The van der Waals surface area contributed by atoms with E-state index in [1.807, 2.05) is 32.1 Å². The normalized spacial score (nSPS) is 20.4. The van der Waals surface area contributed by atoms with Gasteiger partial charge in [0.1, 0.15) is 5.54 Å². The minimum absolute atomic E-state index is 0. The van der Waals surface area contributed by atoms with Crippen molar-refractivity contribution in [2.45, 2.75) is 25.6 Å². The summed E-state index contributed by atoms with van der Waals surface area (Å²) < 4.78 is 39.7. The number of halogens is 3. The van der Waals surface area contributed by atoms with E-state index >= 15 is 0 Å². The molecule has 33 heavy (non-hydrogen) atoms. The molecule has 0 unspecified atom stereocenters. The number of carbonyl (C=O) groups is 2. The van der Waals surface area contributed by atoms with E-state index < -0.39 is 34.8 Å². The number of nitrogens with zero attached hydrogens (tertiary/aromatic N) is 3. The van der Waals surface area contributed by atoms with Crippen LogP contribution in [0.15, 0.2) is 18.2 Å². The van der Waals surface area contributed by atoms with Gasteiger partial charge in [-0.15, -0.1) is 0 Å². The van der Waals surface area contributed by atoms with Gasteiger partial charge in [0.15, 0.2) is 0 Å². The first-order valence-electron chi connectivity index (χ1n) is 9.72. The number of imide groups is 1. The molecule has 0 aromatic heterocycles. The van der Waals surface area contributed by atoms with Crippen molar-refractivity contribution in [2.75, 3.05) is 11.4 Å². The summed E-state index contributed by atoms with van der Waals surface area (Å²) in [5.74, 6) is 0.179. The van der Waals surface area contributed by atoms with Gasteiger partial charge in [0.2, 0.25) is 0 Å². The Kier molecular flexibility index (Phi) is 9.01. The van der Waals surface area contributed by atoms with Gasteiger partial charge in [-0.25, -0.2) is 9.69 Å². The summed E-state index contributed by atoms with van der Waals surface area (Å²) >= 11 is 0. The number of carbonyl (C=O) groups excluding carboxylic acids is 2. The van der Waals surface area contributed by atoms with Crippen molar-refractivity contribution in [1.82, 2.24) is 4.90 Å². The second-order valence-electron chi connectivity index (χ2n) is 7.66. The molecule has 3 fully saturated rings. The molecule has 170 valence electrons. The molecule has 1 aliphatic heterocycles. The van der Waals surface area contributed by atoms with Gasteiger partial charge >= 0.3 is 29.3 Å². The minimum atomic E-state index is -4.78. The third-order valence-corrected chi connectivity index (χ3v) is 5.14. The van der Waals surface area contributed by atoms with Crippen molar-refractivity contribution in [1.29, 1.82) is 5.26 Å². The van der Waals surface area contributed by atoms with E-state index in [0.717, 1.165) is 16.9 Å². The molecule has 2 saturated carbocycles. The number of hydrogen-bond acceptors (Lipinski definition) is 3. The van der Waals surface area contributed by atoms with E-state index in [2.05, 4.69) is 0 Å². The Labute approximate surface area is 203 Å². The minimum Gasteiger partial charge on any atom is -0.309 e. The number of rotatable bonds is 3. The Morgan fingerprint density at radius 2 is 1.52 bits per heavy atom. The summed E-state index contributed by atoms with van der Waals surface area (Å²) in [4.78, 5) is 27.7. The Bertz CT molecular complexity index is 894. The summed E-state index contributed by atoms with van der Waals surface area (Å²) in [6, 6.07) is 3.57. The van der Waals surface area contributed by atoms with Crippen LogP contribution in [0.4, 0.5) is 23.7 Å². The monoisotopic (exact) mass is 495 g/mol. The van der Waals surface area contributed by atoms with Crippen LogP contribution in [0, 0.1) is 75.0 Å². The summed E-state index contributed by atoms with van der Waals surface area (Å²) in [6.07, 6.45) is 12.4. The Hall–Kier alpha value is -2.04. The van der Waals surface area contributed by atoms with E-state index in [1.165, 1.54) is 17.0 Å². The SMILES string of the molecule is CC1(C)C(=O)N(c2ccc(C#N)c(C(F)(F)F)c2)C(=O)N1C[C]1[CH][CH][CH][CH]1.[CH]1[CH][CH][CH][CH]1.[Fe+2]. The Balaban J connectivity index is 0.000000568. The van der Waals surface area contributed by atoms with Gasteiger partial charge in [-0.3, -0.25) is 4.79 Å². The van der Waals surface area contributed by atoms with Crippen LogP contribution in [0.5, 0.6) is 0 Å². The Morgan fingerprint density at radius 3 is 2.00 bits per heavy atom. The van der Waals surface area contributed by atoms with Crippen LogP contribution in [0.1, 0.15) is 25.0 Å². The zero-order valence-electron chi connectivity index (χ0n) is 17.8. The van der Waals surface area contributed by atoms with E-state index in [9.17, 15) is 22.8 Å². The van der Waals surface area contributed by atoms with Gasteiger partial charge in [0, 0.05) is 12.5 Å². The number of benzene rings is 1. The maximum Gasteiger partial charge on any atom is 2.00 e. The van der Waals surface area contributed by atoms with Crippen molar-refractivity contribution in [2.24, 2.45) is 0 Å². The van der Waals surface area contributed by atoms with Gasteiger partial charge in [0.05, 0.1) is 22.9 Å². The first-order valence-corrected chi connectivity index (χ1v) is 9.72. The third kappa shape index (κ3) is 5.91. The standard InChI is InChI=1S/C19H15F3N3O2.C5H5.Fe/c1-18(2)16(26)25(17(27)24(18)11-12-5-3-4-6-12)14-8-7-13(10-23)15(9-14)19(20,21)22;1-2-4-5-3-1;/h3-9H,11H2,1-2H3;1-5H;/q;;+2. The predicted molar refractivity (Wildman–Crippen MR) is 112 cm³/mol. The van der Waals surface area contributed by atoms with Gasteiger partial charge in [-0.05, 0) is 89.8 Å². The molecule has 0 spiro atoms. The fourth-order valence-corrected chi connectivity index (χ4v) is 3.35. The molecule has 3 amide bonds. The largest absolute Gasteiger partial charge is 2.00 e. The van der Waals surface area contributed by atoms with Gasteiger partial charge in [-0.2, -0.15) is 18.4 Å². The molecule has 9 heteroatoms. The van der Waals surface area contributed by atoms with Crippen molar-refractivity contribution >= 4 is 17.6 Å². The molecule has 1 heterocycles. The fraction of sp³-hybridized carbons (Fsp3) is 0.208. The van der Waals surface area contributed by atoms with E-state index in [-0.39, 0.29) is 29.3 Å². The number of hydrogen-bond donors (Lipinski definition) is 0. The van der Waals surface area contributed by atoms with Crippen molar-refractivity contribution in [3.05, 3.63) is 93.0 Å². The number of alkyl halides is 3. The summed E-state index contributed by atoms with van der Waals surface area (Å²) in [5.41, 5.74) is -3.19. The molecule has 10 radical (unpaired) electrons. The van der Waals surface area contributed by atoms with E-state index in [0.29, 0.717) is 6.07 Å². The maximum absolute atomic E-state index is 13.2. The van der Waals surface area contributed by atoms with Crippen LogP contribution in [0.2, 0.25) is 0 Å². The van der Waals surface area contributed by atoms with Gasteiger partial charge < -0.3 is 4.90 Å². The van der Waals surface area contributed by atoms with Crippen LogP contribution in [-0.2, 0) is 28.0 Å². The van der Waals surface area contributed by atoms with Crippen LogP contribution < -0.4 is 4.90 Å². The molecule has 1 aromatic rings. The molecule has 4 rings (SSSR count). The average molecular weight is 495 g/mol. The quantitative estimate of drug-likeness (QED) is 0.457. The molecule has 2 aliphatic carbocycles. The molecular formula is C24H20F3FeN3O2+2. The second-order valence-corrected chi connectivity index (χ2v) is 7.66. The zero-order chi connectivity index (χ0) is 23.5. The molecule has 0 bridgehead atoms. The zero-order valence-corrected chi connectivity index (χ0v) is 18.9. The van der Waals surface area contributed by atoms with Crippen LogP contribution in [-0.4, -0.2) is 28.9 Å². The van der Waals surface area contributed by atoms with Crippen LogP contribution >= 0.6 is 0 Å². The number of amides is 3. The smallest absolute Gasteiger partial charge is 0.309 e. The molecule has 5 nitrogen and oxygen atoms in total. The summed E-state index contributed by atoms with van der Waals surface area (Å²) in [7, 11) is 0. The number of anilines is 1. The third-order valence-electron chi connectivity index (χ3n) is 5.14. The second kappa shape index (κ2) is 10.9. The first-order chi connectivity index (χ1) is 15.1. The van der Waals surface area contributed by atoms with E-state index in [4.69, 9.17) is 5.26 Å². The van der Waals surface area contributed by atoms with Crippen molar-refractivity contribution in [3.8, 4) is 6.07 Å². The maximum atomic E-state index is 13.2. The van der Waals surface area contributed by atoms with Gasteiger partial charge in [0.25, 0.3) is 5.91 Å². The van der Waals surface area contributed by atoms with Crippen molar-refractivity contribution < 1.29 is 39.8 Å². The fourth-order valence-electron chi connectivity index (χ4n) is 3.35. The molecule has 3 aliphatic rings. The Morgan fingerprint density at radius 1 is 0.970 bits per heavy atom. The first kappa shape index (κ1) is 27.2. The predicted octanol–water partition coefficient (Wildman–Crippen LogP) is 4.55. The molecule has 1 saturated heterocycles. The molecule has 0 atom stereocenters.